The average Bonchev–Trinajstić information content (AvgIpc) is 2.23. The fourth-order valence-corrected chi connectivity index (χ4v) is 1.22. The summed E-state index contributed by atoms with van der Waals surface area (Å²) in [5, 5.41) is 2.37. The summed E-state index contributed by atoms with van der Waals surface area (Å²) in [7, 11) is 0. The largest absolute Gasteiger partial charge is 0.431 e. The number of alkyl halides is 3. The molecular weight excluding hydrogens is 299 g/mol. The van der Waals surface area contributed by atoms with Crippen molar-refractivity contribution in [3.63, 3.8) is 0 Å². The van der Waals surface area contributed by atoms with Crippen LogP contribution in [0.2, 0.25) is 0 Å². The second-order valence-electron chi connectivity index (χ2n) is 4.78. The minimum absolute atomic E-state index is 0. The second kappa shape index (κ2) is 6.27. The van der Waals surface area contributed by atoms with Crippen LogP contribution in [0.15, 0.2) is 16.9 Å². The fourth-order valence-electron chi connectivity index (χ4n) is 1.22. The van der Waals surface area contributed by atoms with E-state index in [0.29, 0.717) is 6.07 Å². The van der Waals surface area contributed by atoms with Gasteiger partial charge in [0.2, 0.25) is 0 Å². The number of nitrogens with two attached hydrogens (primary N) is 1. The molecule has 0 aromatic carbocycles. The maximum atomic E-state index is 12.3. The van der Waals surface area contributed by atoms with E-state index >= 15 is 0 Å². The predicted molar refractivity (Wildman–Crippen MR) is 69.9 cm³/mol. The van der Waals surface area contributed by atoms with Crippen molar-refractivity contribution in [3.8, 4) is 0 Å². The number of carbonyl (C=O) groups excluding carboxylic acids is 1. The molecule has 1 aromatic rings. The Kier molecular flexibility index (Phi) is 5.79. The number of pyridine rings is 1. The number of rotatable bonds is 3. The average molecular weight is 314 g/mol. The van der Waals surface area contributed by atoms with Crippen molar-refractivity contribution in [3.05, 3.63) is 33.7 Å². The number of nitrogens with one attached hydrogen (secondary N) is 2. The van der Waals surface area contributed by atoms with Crippen molar-refractivity contribution >= 4 is 18.3 Å². The highest BCUT2D eigenvalue weighted by atomic mass is 35.5. The van der Waals surface area contributed by atoms with E-state index in [9.17, 15) is 22.8 Å². The van der Waals surface area contributed by atoms with Crippen molar-refractivity contribution in [2.45, 2.75) is 25.6 Å². The SMILES string of the molecule is CC(C)(N)CNC(=O)c1ccc(C(F)(F)F)[nH]c1=O.Cl. The molecule has 0 saturated heterocycles. The standard InChI is InChI=1S/C11H14F3N3O2.ClH/c1-10(2,15)5-16-8(18)6-3-4-7(11(12,13)14)17-9(6)19;/h3-4H,5,15H2,1-2H3,(H,16,18)(H,17,19);1H. The molecule has 9 heteroatoms. The van der Waals surface area contributed by atoms with Crippen LogP contribution in [0, 0.1) is 0 Å². The molecule has 1 aromatic heterocycles. The summed E-state index contributed by atoms with van der Waals surface area (Å²) in [5.41, 5.74) is 2.26. The Hall–Kier alpha value is -1.54. The van der Waals surface area contributed by atoms with Gasteiger partial charge < -0.3 is 16.0 Å². The molecule has 0 spiro atoms. The van der Waals surface area contributed by atoms with Crippen molar-refractivity contribution in [1.29, 1.82) is 0 Å². The van der Waals surface area contributed by atoms with Crippen LogP contribution in [0.3, 0.4) is 0 Å². The zero-order valence-corrected chi connectivity index (χ0v) is 11.6. The zero-order valence-electron chi connectivity index (χ0n) is 10.8. The van der Waals surface area contributed by atoms with Gasteiger partial charge in [-0.25, -0.2) is 0 Å². The first-order valence-corrected chi connectivity index (χ1v) is 5.38. The van der Waals surface area contributed by atoms with Crippen LogP contribution in [0.5, 0.6) is 0 Å². The van der Waals surface area contributed by atoms with Gasteiger partial charge >= 0.3 is 6.18 Å². The first-order chi connectivity index (χ1) is 8.50. The van der Waals surface area contributed by atoms with Gasteiger partial charge in [-0.1, -0.05) is 0 Å². The Bertz CT molecular complexity index is 535. The number of carbonyl (C=O) groups is 1. The van der Waals surface area contributed by atoms with Gasteiger partial charge in [-0.05, 0) is 26.0 Å². The highest BCUT2D eigenvalue weighted by Gasteiger charge is 2.32. The Morgan fingerprint density at radius 1 is 1.35 bits per heavy atom. The molecule has 0 fully saturated rings. The lowest BCUT2D eigenvalue weighted by Gasteiger charge is -2.18. The van der Waals surface area contributed by atoms with E-state index in [4.69, 9.17) is 5.73 Å². The Morgan fingerprint density at radius 2 is 1.90 bits per heavy atom. The third-order valence-corrected chi connectivity index (χ3v) is 2.16. The van der Waals surface area contributed by atoms with Crippen molar-refractivity contribution in [2.75, 3.05) is 6.54 Å². The molecule has 20 heavy (non-hydrogen) atoms. The molecule has 1 heterocycles. The lowest BCUT2D eigenvalue weighted by Crippen LogP contribution is -2.46. The summed E-state index contributed by atoms with van der Waals surface area (Å²) in [4.78, 5) is 24.6. The van der Waals surface area contributed by atoms with Crippen molar-refractivity contribution < 1.29 is 18.0 Å². The van der Waals surface area contributed by atoms with Gasteiger partial charge in [0.1, 0.15) is 11.3 Å². The summed E-state index contributed by atoms with van der Waals surface area (Å²) >= 11 is 0. The minimum atomic E-state index is -4.66. The maximum Gasteiger partial charge on any atom is 0.431 e. The molecule has 4 N–H and O–H groups in total. The molecule has 0 aliphatic carbocycles. The van der Waals surface area contributed by atoms with Crippen LogP contribution in [-0.2, 0) is 6.18 Å². The van der Waals surface area contributed by atoms with E-state index in [1.54, 1.807) is 18.8 Å². The fraction of sp³-hybridized carbons (Fsp3) is 0.455. The molecule has 0 aliphatic heterocycles. The molecule has 0 radical (unpaired) electrons. The van der Waals surface area contributed by atoms with E-state index < -0.39 is 34.4 Å². The molecule has 0 atom stereocenters. The Labute approximate surface area is 119 Å². The number of halogens is 4. The van der Waals surface area contributed by atoms with E-state index in [2.05, 4.69) is 5.32 Å². The first kappa shape index (κ1) is 18.5. The van der Waals surface area contributed by atoms with Crippen molar-refractivity contribution in [1.82, 2.24) is 10.3 Å². The predicted octanol–water partition coefficient (Wildman–Crippen LogP) is 1.28. The van der Waals surface area contributed by atoms with Gasteiger partial charge in [-0.3, -0.25) is 9.59 Å². The van der Waals surface area contributed by atoms with Crippen LogP contribution < -0.4 is 16.6 Å². The van der Waals surface area contributed by atoms with Crippen LogP contribution in [0.1, 0.15) is 29.9 Å². The smallest absolute Gasteiger partial charge is 0.350 e. The number of aromatic nitrogens is 1. The topological polar surface area (TPSA) is 88.0 Å². The first-order valence-electron chi connectivity index (χ1n) is 5.38. The molecule has 114 valence electrons. The molecule has 1 amide bonds. The number of aromatic amines is 1. The summed E-state index contributed by atoms with van der Waals surface area (Å²) < 4.78 is 37.0. The molecular formula is C11H15ClF3N3O2. The van der Waals surface area contributed by atoms with Gasteiger partial charge in [0.25, 0.3) is 11.5 Å². The van der Waals surface area contributed by atoms with E-state index in [1.807, 2.05) is 0 Å². The zero-order chi connectivity index (χ0) is 14.8. The van der Waals surface area contributed by atoms with Gasteiger partial charge in [0, 0.05) is 12.1 Å². The molecule has 0 saturated carbocycles. The van der Waals surface area contributed by atoms with Crippen molar-refractivity contribution in [2.24, 2.45) is 5.73 Å². The Balaban J connectivity index is 0.00000361. The Morgan fingerprint density at radius 3 is 2.30 bits per heavy atom. The van der Waals surface area contributed by atoms with Gasteiger partial charge in [-0.2, -0.15) is 13.2 Å². The normalized spacial score (nSPS) is 11.7. The van der Waals surface area contributed by atoms with Crippen LogP contribution in [0.25, 0.3) is 0 Å². The van der Waals surface area contributed by atoms with Gasteiger partial charge in [-0.15, -0.1) is 12.4 Å². The highest BCUT2D eigenvalue weighted by molar-refractivity contribution is 5.93. The van der Waals surface area contributed by atoms with E-state index in [-0.39, 0.29) is 19.0 Å². The maximum absolute atomic E-state index is 12.3. The van der Waals surface area contributed by atoms with E-state index in [1.165, 1.54) is 0 Å². The third-order valence-electron chi connectivity index (χ3n) is 2.16. The summed E-state index contributed by atoms with van der Waals surface area (Å²) in [6, 6.07) is 1.48. The highest BCUT2D eigenvalue weighted by Crippen LogP contribution is 2.26. The van der Waals surface area contributed by atoms with Gasteiger partial charge in [0.05, 0.1) is 0 Å². The monoisotopic (exact) mass is 313 g/mol. The van der Waals surface area contributed by atoms with Crippen LogP contribution >= 0.6 is 12.4 Å². The van der Waals surface area contributed by atoms with E-state index in [0.717, 1.165) is 6.07 Å². The molecule has 0 bridgehead atoms. The lowest BCUT2D eigenvalue weighted by atomic mass is 10.1. The second-order valence-corrected chi connectivity index (χ2v) is 4.78. The van der Waals surface area contributed by atoms with Crippen LogP contribution in [0.4, 0.5) is 13.2 Å². The van der Waals surface area contributed by atoms with Crippen LogP contribution in [-0.4, -0.2) is 23.0 Å². The molecule has 0 unspecified atom stereocenters. The van der Waals surface area contributed by atoms with Gasteiger partial charge in [0.15, 0.2) is 0 Å². The molecule has 5 nitrogen and oxygen atoms in total. The number of H-pyrrole nitrogens is 1. The molecule has 1 rings (SSSR count). The number of hydrogen-bond acceptors (Lipinski definition) is 3. The number of hydrogen-bond donors (Lipinski definition) is 3. The molecule has 0 aliphatic rings. The minimum Gasteiger partial charge on any atom is -0.350 e. The summed E-state index contributed by atoms with van der Waals surface area (Å²) in [6.07, 6.45) is -4.66. The quantitative estimate of drug-likeness (QED) is 0.785. The summed E-state index contributed by atoms with van der Waals surface area (Å²) in [6.45, 7) is 3.40. The third kappa shape index (κ3) is 5.22. The number of amides is 1. The summed E-state index contributed by atoms with van der Waals surface area (Å²) in [5.74, 6) is -0.770. The lowest BCUT2D eigenvalue weighted by molar-refractivity contribution is -0.141.